The maximum Gasteiger partial charge on any atom is 0.375 e. The molecule has 0 bridgehead atoms. The molecule has 0 amide bonds. The summed E-state index contributed by atoms with van der Waals surface area (Å²) < 4.78 is 9.84. The third kappa shape index (κ3) is 2.88. The van der Waals surface area contributed by atoms with Crippen LogP contribution < -0.4 is 0 Å². The zero-order valence-electron chi connectivity index (χ0n) is 10.3. The molecule has 0 spiro atoms. The van der Waals surface area contributed by atoms with E-state index in [0.29, 0.717) is 5.58 Å². The molecule has 1 aromatic carbocycles. The second-order valence-corrected chi connectivity index (χ2v) is 3.89. The lowest BCUT2D eigenvalue weighted by atomic mass is 10.1. The van der Waals surface area contributed by atoms with Crippen LogP contribution in [0.25, 0.3) is 11.0 Å². The molecule has 19 heavy (non-hydrogen) atoms. The highest BCUT2D eigenvalue weighted by Crippen LogP contribution is 2.19. The molecule has 2 rings (SSSR count). The Balaban J connectivity index is 2.11. The van der Waals surface area contributed by atoms with E-state index in [9.17, 15) is 14.4 Å². The highest BCUT2D eigenvalue weighted by atomic mass is 16.5. The fourth-order valence-corrected chi connectivity index (χ4v) is 1.64. The van der Waals surface area contributed by atoms with Gasteiger partial charge in [0.1, 0.15) is 5.58 Å². The van der Waals surface area contributed by atoms with Crippen LogP contribution in [0.15, 0.2) is 34.7 Å². The van der Waals surface area contributed by atoms with E-state index in [4.69, 9.17) is 4.42 Å². The molecule has 5 heteroatoms. The van der Waals surface area contributed by atoms with E-state index in [1.54, 1.807) is 31.2 Å². The Morgan fingerprint density at radius 3 is 2.63 bits per heavy atom. The Kier molecular flexibility index (Phi) is 3.75. The van der Waals surface area contributed by atoms with Crippen LogP contribution >= 0.6 is 0 Å². The molecule has 1 aromatic heterocycles. The predicted molar refractivity (Wildman–Crippen MR) is 66.8 cm³/mol. The van der Waals surface area contributed by atoms with E-state index in [1.165, 1.54) is 0 Å². The largest absolute Gasteiger partial charge is 0.460 e. The van der Waals surface area contributed by atoms with Gasteiger partial charge in [0.05, 0.1) is 13.0 Å². The fraction of sp³-hybridized carbons (Fsp3) is 0.214. The van der Waals surface area contributed by atoms with Crippen molar-refractivity contribution < 1.29 is 23.5 Å². The third-order valence-electron chi connectivity index (χ3n) is 2.52. The van der Waals surface area contributed by atoms with Crippen LogP contribution in [0.1, 0.15) is 23.9 Å². The van der Waals surface area contributed by atoms with Crippen LogP contribution in [-0.2, 0) is 14.3 Å². The molecule has 1 heterocycles. The molecule has 0 N–H and O–H groups in total. The van der Waals surface area contributed by atoms with Crippen molar-refractivity contribution in [3.63, 3.8) is 0 Å². The summed E-state index contributed by atoms with van der Waals surface area (Å²) in [5.41, 5.74) is 0.564. The summed E-state index contributed by atoms with van der Waals surface area (Å²) in [5, 5.41) is 0.773. The number of Topliss-reactive ketones (excluding diaryl/α,β-unsaturated/α-hetero) is 2. The van der Waals surface area contributed by atoms with Crippen molar-refractivity contribution in [2.24, 2.45) is 0 Å². The number of carbonyl (C=O) groups is 3. The van der Waals surface area contributed by atoms with Gasteiger partial charge in [-0.15, -0.1) is 0 Å². The number of para-hydroxylation sites is 1. The van der Waals surface area contributed by atoms with Crippen LogP contribution in [0.3, 0.4) is 0 Å². The van der Waals surface area contributed by atoms with Crippen molar-refractivity contribution in [1.82, 2.24) is 0 Å². The molecule has 0 aliphatic heterocycles. The normalized spacial score (nSPS) is 10.4. The van der Waals surface area contributed by atoms with Crippen LogP contribution in [0, 0.1) is 0 Å². The summed E-state index contributed by atoms with van der Waals surface area (Å²) >= 11 is 0. The van der Waals surface area contributed by atoms with Gasteiger partial charge >= 0.3 is 5.97 Å². The minimum absolute atomic E-state index is 0.0684. The number of rotatable bonds is 5. The zero-order chi connectivity index (χ0) is 13.8. The third-order valence-corrected chi connectivity index (χ3v) is 2.52. The summed E-state index contributed by atoms with van der Waals surface area (Å²) in [6, 6.07) is 8.66. The predicted octanol–water partition coefficient (Wildman–Crippen LogP) is 2.14. The van der Waals surface area contributed by atoms with E-state index < -0.39 is 24.0 Å². The Labute approximate surface area is 109 Å². The first-order valence-electron chi connectivity index (χ1n) is 5.83. The standard InChI is InChI=1S/C14H12O5/c1-2-18-14(17)11(16)8-10(15)13-7-9-5-3-4-6-12(9)19-13/h3-7H,2,8H2,1H3. The monoisotopic (exact) mass is 260 g/mol. The molecule has 0 aliphatic carbocycles. The number of furan rings is 1. The van der Waals surface area contributed by atoms with Gasteiger partial charge in [0.25, 0.3) is 0 Å². The minimum atomic E-state index is -0.994. The SMILES string of the molecule is CCOC(=O)C(=O)CC(=O)c1cc2ccccc2o1. The number of hydrogen-bond donors (Lipinski definition) is 0. The van der Waals surface area contributed by atoms with E-state index >= 15 is 0 Å². The van der Waals surface area contributed by atoms with Crippen molar-refractivity contribution in [2.75, 3.05) is 6.61 Å². The number of esters is 1. The van der Waals surface area contributed by atoms with E-state index in [-0.39, 0.29) is 12.4 Å². The smallest absolute Gasteiger partial charge is 0.375 e. The highest BCUT2D eigenvalue weighted by molar-refractivity contribution is 6.38. The van der Waals surface area contributed by atoms with E-state index in [0.717, 1.165) is 5.39 Å². The molecular weight excluding hydrogens is 248 g/mol. The van der Waals surface area contributed by atoms with Crippen molar-refractivity contribution in [3.05, 3.63) is 36.1 Å². The van der Waals surface area contributed by atoms with Gasteiger partial charge < -0.3 is 9.15 Å². The number of ketones is 2. The van der Waals surface area contributed by atoms with Gasteiger partial charge in [0.2, 0.25) is 11.6 Å². The second-order valence-electron chi connectivity index (χ2n) is 3.89. The Morgan fingerprint density at radius 2 is 1.95 bits per heavy atom. The van der Waals surface area contributed by atoms with Crippen molar-refractivity contribution in [3.8, 4) is 0 Å². The summed E-state index contributed by atoms with van der Waals surface area (Å²) in [7, 11) is 0. The lowest BCUT2D eigenvalue weighted by Gasteiger charge is -1.98. The summed E-state index contributed by atoms with van der Waals surface area (Å²) in [4.78, 5) is 34.3. The topological polar surface area (TPSA) is 73.6 Å². The lowest BCUT2D eigenvalue weighted by Crippen LogP contribution is -2.20. The molecule has 5 nitrogen and oxygen atoms in total. The number of fused-ring (bicyclic) bond motifs is 1. The second kappa shape index (κ2) is 5.48. The molecule has 0 radical (unpaired) electrons. The molecule has 0 saturated heterocycles. The molecule has 2 aromatic rings. The van der Waals surface area contributed by atoms with E-state index in [1.807, 2.05) is 6.07 Å². The van der Waals surface area contributed by atoms with Crippen molar-refractivity contribution in [1.29, 1.82) is 0 Å². The molecule has 0 saturated carbocycles. The van der Waals surface area contributed by atoms with Crippen LogP contribution in [0.4, 0.5) is 0 Å². The van der Waals surface area contributed by atoms with Gasteiger partial charge in [-0.2, -0.15) is 0 Å². The quantitative estimate of drug-likeness (QED) is 0.356. The maximum absolute atomic E-state index is 11.8. The summed E-state index contributed by atoms with van der Waals surface area (Å²) in [6.07, 6.45) is -0.543. The highest BCUT2D eigenvalue weighted by Gasteiger charge is 2.22. The first kappa shape index (κ1) is 13.0. The molecule has 0 fully saturated rings. The maximum atomic E-state index is 11.8. The molecule has 98 valence electrons. The van der Waals surface area contributed by atoms with E-state index in [2.05, 4.69) is 4.74 Å². The van der Waals surface area contributed by atoms with Crippen LogP contribution in [0.2, 0.25) is 0 Å². The Morgan fingerprint density at radius 1 is 1.21 bits per heavy atom. The lowest BCUT2D eigenvalue weighted by molar-refractivity contribution is -0.153. The first-order valence-corrected chi connectivity index (χ1v) is 5.83. The van der Waals surface area contributed by atoms with Crippen LogP contribution in [0.5, 0.6) is 0 Å². The zero-order valence-corrected chi connectivity index (χ0v) is 10.3. The molecular formula is C14H12O5. The van der Waals surface area contributed by atoms with Gasteiger partial charge in [0.15, 0.2) is 5.76 Å². The summed E-state index contributed by atoms with van der Waals surface area (Å²) in [6.45, 7) is 1.69. The van der Waals surface area contributed by atoms with Gasteiger partial charge in [-0.1, -0.05) is 18.2 Å². The number of hydrogen-bond acceptors (Lipinski definition) is 5. The van der Waals surface area contributed by atoms with Gasteiger partial charge in [-0.3, -0.25) is 9.59 Å². The Hall–Kier alpha value is -2.43. The number of carbonyl (C=O) groups excluding carboxylic acids is 3. The molecule has 0 unspecified atom stereocenters. The molecule has 0 atom stereocenters. The Bertz CT molecular complexity index is 605. The average Bonchev–Trinajstić information content (AvgIpc) is 2.82. The number of benzene rings is 1. The first-order chi connectivity index (χ1) is 9.11. The number of ether oxygens (including phenoxy) is 1. The molecule has 0 aliphatic rings. The van der Waals surface area contributed by atoms with Gasteiger partial charge in [-0.25, -0.2) is 4.79 Å². The van der Waals surface area contributed by atoms with Crippen molar-refractivity contribution in [2.45, 2.75) is 13.3 Å². The minimum Gasteiger partial charge on any atom is -0.460 e. The fourth-order valence-electron chi connectivity index (χ4n) is 1.64. The van der Waals surface area contributed by atoms with Crippen LogP contribution in [-0.4, -0.2) is 24.1 Å². The van der Waals surface area contributed by atoms with Gasteiger partial charge in [-0.05, 0) is 19.1 Å². The van der Waals surface area contributed by atoms with Gasteiger partial charge in [0, 0.05) is 5.39 Å². The summed E-state index contributed by atoms with van der Waals surface area (Å²) in [5.74, 6) is -2.33. The van der Waals surface area contributed by atoms with Crippen molar-refractivity contribution >= 4 is 28.5 Å². The average molecular weight is 260 g/mol.